The average molecular weight is 285 g/mol. The monoisotopic (exact) mass is 284 g/mol. The average Bonchev–Trinajstić information content (AvgIpc) is 2.15. The second-order valence-corrected chi connectivity index (χ2v) is 5.66. The summed E-state index contributed by atoms with van der Waals surface area (Å²) in [6.45, 7) is 7.62. The highest BCUT2D eigenvalue weighted by Crippen LogP contribution is 2.16. The van der Waals surface area contributed by atoms with Crippen LogP contribution in [0.3, 0.4) is 0 Å². The molecule has 1 aromatic rings. The molecule has 0 fully saturated rings. The Balaban J connectivity index is 2.74. The van der Waals surface area contributed by atoms with Gasteiger partial charge in [-0.05, 0) is 39.8 Å². The summed E-state index contributed by atoms with van der Waals surface area (Å²) < 4.78 is 6.59. The summed E-state index contributed by atoms with van der Waals surface area (Å²) in [6, 6.07) is 7.32. The van der Waals surface area contributed by atoms with Crippen molar-refractivity contribution in [2.24, 2.45) is 0 Å². The van der Waals surface area contributed by atoms with Crippen molar-refractivity contribution < 1.29 is 9.53 Å². The van der Waals surface area contributed by atoms with E-state index in [4.69, 9.17) is 4.74 Å². The van der Waals surface area contributed by atoms with Gasteiger partial charge in [0.25, 0.3) is 0 Å². The second kappa shape index (κ2) is 5.11. The Bertz CT molecular complexity index is 363. The van der Waals surface area contributed by atoms with Crippen molar-refractivity contribution in [3.8, 4) is 0 Å². The molecule has 3 heteroatoms. The summed E-state index contributed by atoms with van der Waals surface area (Å²) in [5.74, 6) is 0.0161. The van der Waals surface area contributed by atoms with Crippen molar-refractivity contribution >= 4 is 21.7 Å². The van der Waals surface area contributed by atoms with Gasteiger partial charge in [-0.25, -0.2) is 0 Å². The lowest BCUT2D eigenvalue weighted by Crippen LogP contribution is -2.31. The van der Waals surface area contributed by atoms with E-state index in [0.717, 1.165) is 4.47 Å². The van der Waals surface area contributed by atoms with Crippen molar-refractivity contribution in [1.29, 1.82) is 0 Å². The van der Waals surface area contributed by atoms with Gasteiger partial charge in [0.05, 0.1) is 5.60 Å². The van der Waals surface area contributed by atoms with Gasteiger partial charge < -0.3 is 4.74 Å². The lowest BCUT2D eigenvalue weighted by molar-refractivity contribution is -0.0381. The topological polar surface area (TPSA) is 26.3 Å². The van der Waals surface area contributed by atoms with Gasteiger partial charge in [-0.2, -0.15) is 0 Å². The van der Waals surface area contributed by atoms with E-state index >= 15 is 0 Å². The molecule has 0 heterocycles. The largest absolute Gasteiger partial charge is 0.365 e. The highest BCUT2D eigenvalue weighted by molar-refractivity contribution is 9.10. The van der Waals surface area contributed by atoms with E-state index in [1.165, 1.54) is 0 Å². The first-order chi connectivity index (χ1) is 7.29. The van der Waals surface area contributed by atoms with Gasteiger partial charge in [0, 0.05) is 10.0 Å². The third-order valence-electron chi connectivity index (χ3n) is 2.03. The minimum atomic E-state index is -0.416. The summed E-state index contributed by atoms with van der Waals surface area (Å²) in [5, 5.41) is 0. The standard InChI is InChI=1S/C13H17BrO2/c1-9(16-13(2,3)4)12(15)10-5-7-11(14)8-6-10/h5-9H,1-4H3. The maximum atomic E-state index is 12.0. The first-order valence-electron chi connectivity index (χ1n) is 5.27. The molecular weight excluding hydrogens is 268 g/mol. The molecule has 0 spiro atoms. The molecule has 0 radical (unpaired) electrons. The van der Waals surface area contributed by atoms with Gasteiger partial charge in [-0.15, -0.1) is 0 Å². The van der Waals surface area contributed by atoms with Crippen molar-refractivity contribution in [3.63, 3.8) is 0 Å². The number of carbonyl (C=O) groups excluding carboxylic acids is 1. The van der Waals surface area contributed by atoms with Crippen LogP contribution in [0.5, 0.6) is 0 Å². The van der Waals surface area contributed by atoms with Crippen LogP contribution in [-0.2, 0) is 4.74 Å². The quantitative estimate of drug-likeness (QED) is 0.789. The van der Waals surface area contributed by atoms with Gasteiger partial charge in [0.15, 0.2) is 5.78 Å². The molecular formula is C13H17BrO2. The zero-order valence-electron chi connectivity index (χ0n) is 10.1. The van der Waals surface area contributed by atoms with Crippen LogP contribution in [0.4, 0.5) is 0 Å². The molecule has 1 unspecified atom stereocenters. The lowest BCUT2D eigenvalue weighted by atomic mass is 10.1. The van der Waals surface area contributed by atoms with Crippen LogP contribution in [0.1, 0.15) is 38.1 Å². The fraction of sp³-hybridized carbons (Fsp3) is 0.462. The minimum Gasteiger partial charge on any atom is -0.365 e. The van der Waals surface area contributed by atoms with Crippen LogP contribution in [0, 0.1) is 0 Å². The molecule has 0 bridgehead atoms. The number of benzene rings is 1. The normalized spacial score (nSPS) is 13.6. The Morgan fingerprint density at radius 2 is 1.75 bits per heavy atom. The maximum Gasteiger partial charge on any atom is 0.191 e. The Kier molecular flexibility index (Phi) is 4.28. The number of rotatable bonds is 3. The van der Waals surface area contributed by atoms with Gasteiger partial charge in [-0.1, -0.05) is 28.1 Å². The van der Waals surface area contributed by atoms with Crippen molar-refractivity contribution in [1.82, 2.24) is 0 Å². The fourth-order valence-corrected chi connectivity index (χ4v) is 1.70. The summed E-state index contributed by atoms with van der Waals surface area (Å²) in [4.78, 5) is 12.0. The molecule has 0 aromatic heterocycles. The third-order valence-corrected chi connectivity index (χ3v) is 2.56. The number of Topliss-reactive ketones (excluding diaryl/α,β-unsaturated/α-hetero) is 1. The highest BCUT2D eigenvalue weighted by Gasteiger charge is 2.21. The predicted molar refractivity (Wildman–Crippen MR) is 68.8 cm³/mol. The first kappa shape index (κ1) is 13.4. The minimum absolute atomic E-state index is 0.0161. The van der Waals surface area contributed by atoms with Gasteiger partial charge in [0.1, 0.15) is 6.10 Å². The van der Waals surface area contributed by atoms with Crippen LogP contribution in [-0.4, -0.2) is 17.5 Å². The molecule has 1 aromatic carbocycles. The Hall–Kier alpha value is -0.670. The van der Waals surface area contributed by atoms with Crippen LogP contribution < -0.4 is 0 Å². The van der Waals surface area contributed by atoms with E-state index in [1.807, 2.05) is 32.9 Å². The second-order valence-electron chi connectivity index (χ2n) is 4.74. The van der Waals surface area contributed by atoms with Crippen LogP contribution >= 0.6 is 15.9 Å². The number of ether oxygens (including phenoxy) is 1. The number of halogens is 1. The molecule has 16 heavy (non-hydrogen) atoms. The molecule has 1 rings (SSSR count). The van der Waals surface area contributed by atoms with E-state index in [-0.39, 0.29) is 11.4 Å². The summed E-state index contributed by atoms with van der Waals surface area (Å²) in [5.41, 5.74) is 0.379. The molecule has 0 aliphatic rings. The SMILES string of the molecule is CC(OC(C)(C)C)C(=O)c1ccc(Br)cc1. The molecule has 0 aliphatic heterocycles. The highest BCUT2D eigenvalue weighted by atomic mass is 79.9. The number of carbonyl (C=O) groups is 1. The maximum absolute atomic E-state index is 12.0. The molecule has 1 atom stereocenters. The van der Waals surface area contributed by atoms with E-state index in [2.05, 4.69) is 15.9 Å². The molecule has 0 amide bonds. The van der Waals surface area contributed by atoms with Gasteiger partial charge in [-0.3, -0.25) is 4.79 Å². The molecule has 0 saturated heterocycles. The number of ketones is 1. The number of hydrogen-bond acceptors (Lipinski definition) is 2. The number of hydrogen-bond donors (Lipinski definition) is 0. The zero-order chi connectivity index (χ0) is 12.3. The fourth-order valence-electron chi connectivity index (χ4n) is 1.43. The predicted octanol–water partition coefficient (Wildman–Crippen LogP) is 3.84. The van der Waals surface area contributed by atoms with Crippen LogP contribution in [0.15, 0.2) is 28.7 Å². The smallest absolute Gasteiger partial charge is 0.191 e. The van der Waals surface area contributed by atoms with Crippen molar-refractivity contribution in [2.45, 2.75) is 39.4 Å². The molecule has 0 saturated carbocycles. The summed E-state index contributed by atoms with van der Waals surface area (Å²) >= 11 is 3.34. The summed E-state index contributed by atoms with van der Waals surface area (Å²) in [6.07, 6.45) is -0.416. The van der Waals surface area contributed by atoms with Crippen LogP contribution in [0.25, 0.3) is 0 Å². The van der Waals surface area contributed by atoms with Crippen LogP contribution in [0.2, 0.25) is 0 Å². The molecule has 0 aliphatic carbocycles. The lowest BCUT2D eigenvalue weighted by Gasteiger charge is -2.24. The van der Waals surface area contributed by atoms with E-state index in [0.29, 0.717) is 5.56 Å². The zero-order valence-corrected chi connectivity index (χ0v) is 11.7. The van der Waals surface area contributed by atoms with E-state index in [9.17, 15) is 4.79 Å². The van der Waals surface area contributed by atoms with Gasteiger partial charge in [0.2, 0.25) is 0 Å². The van der Waals surface area contributed by atoms with Crippen molar-refractivity contribution in [2.75, 3.05) is 0 Å². The third kappa shape index (κ3) is 4.06. The Labute approximate surface area is 105 Å². The molecule has 0 N–H and O–H groups in total. The molecule has 88 valence electrons. The summed E-state index contributed by atoms with van der Waals surface area (Å²) in [7, 11) is 0. The van der Waals surface area contributed by atoms with Crippen molar-refractivity contribution in [3.05, 3.63) is 34.3 Å². The van der Waals surface area contributed by atoms with E-state index in [1.54, 1.807) is 19.1 Å². The van der Waals surface area contributed by atoms with Gasteiger partial charge >= 0.3 is 0 Å². The Morgan fingerprint density at radius 3 is 2.19 bits per heavy atom. The molecule has 2 nitrogen and oxygen atoms in total. The van der Waals surface area contributed by atoms with E-state index < -0.39 is 6.10 Å². The Morgan fingerprint density at radius 1 is 1.25 bits per heavy atom. The first-order valence-corrected chi connectivity index (χ1v) is 6.06.